The lowest BCUT2D eigenvalue weighted by Crippen LogP contribution is -2.20. The van der Waals surface area contributed by atoms with Crippen LogP contribution in [0.3, 0.4) is 0 Å². The number of hydrogen-bond donors (Lipinski definition) is 1. The van der Waals surface area contributed by atoms with Gasteiger partial charge in [0.1, 0.15) is 0 Å². The molecule has 1 N–H and O–H groups in total. The van der Waals surface area contributed by atoms with Crippen LogP contribution >= 0.6 is 15.9 Å². The Kier molecular flexibility index (Phi) is 3.80. The van der Waals surface area contributed by atoms with Crippen LogP contribution < -0.4 is 5.56 Å². The molecule has 2 aromatic rings. The number of fused-ring (bicyclic) bond motifs is 1. The topological polar surface area (TPSA) is 72.2 Å². The monoisotopic (exact) mass is 322 g/mol. The highest BCUT2D eigenvalue weighted by atomic mass is 79.9. The highest BCUT2D eigenvalue weighted by molar-refractivity contribution is 9.10. The van der Waals surface area contributed by atoms with E-state index in [1.165, 1.54) is 23.9 Å². The van der Waals surface area contributed by atoms with Crippen molar-refractivity contribution in [2.45, 2.75) is 13.5 Å². The summed E-state index contributed by atoms with van der Waals surface area (Å²) in [6.07, 6.45) is 2.90. The van der Waals surface area contributed by atoms with Crippen LogP contribution in [-0.4, -0.2) is 20.6 Å². The molecule has 0 spiro atoms. The maximum Gasteiger partial charge on any atom is 0.331 e. The van der Waals surface area contributed by atoms with E-state index >= 15 is 0 Å². The van der Waals surface area contributed by atoms with E-state index in [9.17, 15) is 9.59 Å². The molecule has 1 aromatic carbocycles. The lowest BCUT2D eigenvalue weighted by molar-refractivity contribution is -0.132. The van der Waals surface area contributed by atoms with Crippen molar-refractivity contribution in [2.75, 3.05) is 0 Å². The lowest BCUT2D eigenvalue weighted by Gasteiger charge is -2.04. The number of allylic oxidation sites excluding steroid dienone is 1. The van der Waals surface area contributed by atoms with E-state index in [0.29, 0.717) is 10.9 Å². The summed E-state index contributed by atoms with van der Waals surface area (Å²) < 4.78 is 2.18. The van der Waals surface area contributed by atoms with Crippen molar-refractivity contribution in [1.29, 1.82) is 0 Å². The van der Waals surface area contributed by atoms with E-state index in [1.807, 2.05) is 6.07 Å². The zero-order valence-corrected chi connectivity index (χ0v) is 11.7. The Labute approximate surface area is 117 Å². The summed E-state index contributed by atoms with van der Waals surface area (Å²) in [5, 5.41) is 9.26. The van der Waals surface area contributed by atoms with Gasteiger partial charge in [0.25, 0.3) is 5.56 Å². The molecule has 0 fully saturated rings. The first kappa shape index (κ1) is 13.5. The third-order valence-electron chi connectivity index (χ3n) is 2.72. The zero-order valence-electron chi connectivity index (χ0n) is 10.1. The molecule has 5 nitrogen and oxygen atoms in total. The largest absolute Gasteiger partial charge is 0.478 e. The van der Waals surface area contributed by atoms with Gasteiger partial charge in [0, 0.05) is 16.6 Å². The maximum atomic E-state index is 12.2. The van der Waals surface area contributed by atoms with Crippen LogP contribution in [0.4, 0.5) is 0 Å². The molecule has 98 valence electrons. The number of carbonyl (C=O) groups is 1. The number of carboxylic acids is 1. The minimum Gasteiger partial charge on any atom is -0.478 e. The molecule has 0 aliphatic carbocycles. The van der Waals surface area contributed by atoms with Crippen LogP contribution in [0.5, 0.6) is 0 Å². The molecule has 0 aliphatic rings. The normalized spacial score (nSPS) is 11.8. The van der Waals surface area contributed by atoms with Gasteiger partial charge >= 0.3 is 5.97 Å². The van der Waals surface area contributed by atoms with E-state index in [4.69, 9.17) is 5.11 Å². The molecular weight excluding hydrogens is 312 g/mol. The molecule has 0 saturated heterocycles. The fourth-order valence-electron chi connectivity index (χ4n) is 1.58. The summed E-state index contributed by atoms with van der Waals surface area (Å²) in [4.78, 5) is 27.0. The second-order valence-electron chi connectivity index (χ2n) is 4.06. The fraction of sp³-hybridized carbons (Fsp3) is 0.154. The highest BCUT2D eigenvalue weighted by Crippen LogP contribution is 2.14. The zero-order chi connectivity index (χ0) is 14.0. The summed E-state index contributed by atoms with van der Waals surface area (Å²) in [6.45, 7) is 1.67. The van der Waals surface area contributed by atoms with Crippen LogP contribution in [-0.2, 0) is 11.3 Å². The average Bonchev–Trinajstić information content (AvgIpc) is 2.38. The van der Waals surface area contributed by atoms with Crippen molar-refractivity contribution in [1.82, 2.24) is 9.55 Å². The molecule has 0 amide bonds. The summed E-state index contributed by atoms with van der Waals surface area (Å²) >= 11 is 3.31. The van der Waals surface area contributed by atoms with Gasteiger partial charge in [-0.05, 0) is 25.1 Å². The molecule has 0 unspecified atom stereocenters. The molecular formula is C13H11BrN2O3. The molecule has 19 heavy (non-hydrogen) atoms. The van der Waals surface area contributed by atoms with Crippen molar-refractivity contribution in [2.24, 2.45) is 0 Å². The minimum atomic E-state index is -0.996. The van der Waals surface area contributed by atoms with Crippen molar-refractivity contribution in [3.05, 3.63) is 51.0 Å². The first-order valence-corrected chi connectivity index (χ1v) is 6.33. The van der Waals surface area contributed by atoms with E-state index in [0.717, 1.165) is 4.47 Å². The maximum absolute atomic E-state index is 12.2. The van der Waals surface area contributed by atoms with Gasteiger partial charge in [-0.25, -0.2) is 9.78 Å². The van der Waals surface area contributed by atoms with Crippen LogP contribution in [0.2, 0.25) is 0 Å². The fourth-order valence-corrected chi connectivity index (χ4v) is 1.94. The molecule has 1 heterocycles. The number of hydrogen-bond acceptors (Lipinski definition) is 3. The van der Waals surface area contributed by atoms with E-state index in [2.05, 4.69) is 20.9 Å². The second-order valence-corrected chi connectivity index (χ2v) is 4.97. The Morgan fingerprint density at radius 1 is 1.53 bits per heavy atom. The number of rotatable bonds is 3. The standard InChI is InChI=1S/C13H11BrN2O3/c1-8(13(18)19)4-5-16-7-15-11-3-2-9(14)6-10(11)12(16)17/h2-4,6-7H,5H2,1H3,(H,18,19). The van der Waals surface area contributed by atoms with Gasteiger partial charge < -0.3 is 5.11 Å². The van der Waals surface area contributed by atoms with E-state index in [1.54, 1.807) is 12.1 Å². The third-order valence-corrected chi connectivity index (χ3v) is 3.21. The number of halogens is 1. The first-order valence-electron chi connectivity index (χ1n) is 5.54. The smallest absolute Gasteiger partial charge is 0.331 e. The first-order chi connectivity index (χ1) is 8.99. The van der Waals surface area contributed by atoms with E-state index in [-0.39, 0.29) is 17.7 Å². The Bertz CT molecular complexity index is 734. The number of benzene rings is 1. The number of carboxylic acid groups (broad SMARTS) is 1. The van der Waals surface area contributed by atoms with Crippen molar-refractivity contribution < 1.29 is 9.90 Å². The van der Waals surface area contributed by atoms with Gasteiger partial charge in [-0.3, -0.25) is 9.36 Å². The van der Waals surface area contributed by atoms with Gasteiger partial charge in [0.2, 0.25) is 0 Å². The summed E-state index contributed by atoms with van der Waals surface area (Å²) in [5.41, 5.74) is 0.616. The van der Waals surface area contributed by atoms with E-state index < -0.39 is 5.97 Å². The predicted octanol–water partition coefficient (Wildman–Crippen LogP) is 2.19. The summed E-state index contributed by atoms with van der Waals surface area (Å²) in [7, 11) is 0. The quantitative estimate of drug-likeness (QED) is 0.879. The van der Waals surface area contributed by atoms with Crippen LogP contribution in [0.15, 0.2) is 45.4 Å². The number of nitrogens with zero attached hydrogens (tertiary/aromatic N) is 2. The minimum absolute atomic E-state index is 0.187. The van der Waals surface area contributed by atoms with Gasteiger partial charge in [-0.1, -0.05) is 22.0 Å². The van der Waals surface area contributed by atoms with Crippen LogP contribution in [0.1, 0.15) is 6.92 Å². The number of aliphatic carboxylic acids is 1. The van der Waals surface area contributed by atoms with Crippen LogP contribution in [0.25, 0.3) is 10.9 Å². The van der Waals surface area contributed by atoms with Gasteiger partial charge in [0.15, 0.2) is 0 Å². The third kappa shape index (κ3) is 2.90. The molecule has 0 saturated carbocycles. The molecule has 6 heteroatoms. The van der Waals surface area contributed by atoms with Crippen molar-refractivity contribution >= 4 is 32.8 Å². The molecule has 0 radical (unpaired) electrons. The Morgan fingerprint density at radius 3 is 2.95 bits per heavy atom. The second kappa shape index (κ2) is 5.36. The van der Waals surface area contributed by atoms with Crippen molar-refractivity contribution in [3.63, 3.8) is 0 Å². The molecule has 0 atom stereocenters. The van der Waals surface area contributed by atoms with Crippen LogP contribution in [0, 0.1) is 0 Å². The average molecular weight is 323 g/mol. The van der Waals surface area contributed by atoms with Gasteiger partial charge in [0.05, 0.1) is 17.2 Å². The summed E-state index contributed by atoms with van der Waals surface area (Å²) in [6, 6.07) is 5.27. The Balaban J connectivity index is 2.46. The van der Waals surface area contributed by atoms with Gasteiger partial charge in [-0.15, -0.1) is 0 Å². The molecule has 0 aliphatic heterocycles. The van der Waals surface area contributed by atoms with Gasteiger partial charge in [-0.2, -0.15) is 0 Å². The summed E-state index contributed by atoms with van der Waals surface area (Å²) in [5.74, 6) is -0.996. The van der Waals surface area contributed by atoms with Crippen molar-refractivity contribution in [3.8, 4) is 0 Å². The lowest BCUT2D eigenvalue weighted by atomic mass is 10.2. The molecule has 0 bridgehead atoms. The Morgan fingerprint density at radius 2 is 2.26 bits per heavy atom. The predicted molar refractivity (Wildman–Crippen MR) is 75.1 cm³/mol. The SMILES string of the molecule is CC(=CCn1cnc2ccc(Br)cc2c1=O)C(=O)O. The molecule has 2 rings (SSSR count). The Hall–Kier alpha value is -1.95. The number of aromatic nitrogens is 2. The highest BCUT2D eigenvalue weighted by Gasteiger charge is 2.05. The molecule has 1 aromatic heterocycles.